The standard InChI is InChI=1S/C8H10ClNO2S/c1-6-7(2)10-4-3-8(6)5-13(9,11)12/h3-4H,5H2,1-2H3. The molecule has 5 heteroatoms. The molecule has 0 saturated heterocycles. The van der Waals surface area contributed by atoms with Crippen molar-refractivity contribution in [2.75, 3.05) is 0 Å². The summed E-state index contributed by atoms with van der Waals surface area (Å²) in [5, 5.41) is 0. The summed E-state index contributed by atoms with van der Waals surface area (Å²) in [4.78, 5) is 4.03. The van der Waals surface area contributed by atoms with Crippen LogP contribution in [-0.4, -0.2) is 13.4 Å². The third kappa shape index (κ3) is 2.97. The van der Waals surface area contributed by atoms with Crippen molar-refractivity contribution in [2.24, 2.45) is 0 Å². The van der Waals surface area contributed by atoms with E-state index in [0.29, 0.717) is 5.56 Å². The number of pyridine rings is 1. The zero-order valence-corrected chi connectivity index (χ0v) is 8.98. The van der Waals surface area contributed by atoms with E-state index < -0.39 is 9.05 Å². The van der Waals surface area contributed by atoms with Crippen LogP contribution in [-0.2, 0) is 14.8 Å². The number of aromatic nitrogens is 1. The summed E-state index contributed by atoms with van der Waals surface area (Å²) in [6.07, 6.45) is 1.58. The predicted octanol–water partition coefficient (Wildman–Crippen LogP) is 1.77. The molecule has 0 bridgehead atoms. The van der Waals surface area contributed by atoms with Gasteiger partial charge in [0.05, 0.1) is 5.75 Å². The molecule has 72 valence electrons. The Morgan fingerprint density at radius 2 is 2.08 bits per heavy atom. The zero-order valence-electron chi connectivity index (χ0n) is 7.41. The van der Waals surface area contributed by atoms with Gasteiger partial charge in [-0.25, -0.2) is 8.42 Å². The maximum Gasteiger partial charge on any atom is 0.236 e. The van der Waals surface area contributed by atoms with Gasteiger partial charge in [-0.3, -0.25) is 4.98 Å². The summed E-state index contributed by atoms with van der Waals surface area (Å²) in [6.45, 7) is 3.67. The summed E-state index contributed by atoms with van der Waals surface area (Å²) < 4.78 is 21.6. The van der Waals surface area contributed by atoms with Crippen molar-refractivity contribution in [1.82, 2.24) is 4.98 Å². The first-order valence-corrected chi connectivity index (χ1v) is 6.21. The van der Waals surface area contributed by atoms with Crippen molar-refractivity contribution >= 4 is 19.7 Å². The molecule has 0 saturated carbocycles. The average molecular weight is 220 g/mol. The van der Waals surface area contributed by atoms with Gasteiger partial charge in [0.15, 0.2) is 0 Å². The van der Waals surface area contributed by atoms with E-state index in [4.69, 9.17) is 10.7 Å². The van der Waals surface area contributed by atoms with Crippen molar-refractivity contribution in [3.8, 4) is 0 Å². The second-order valence-corrected chi connectivity index (χ2v) is 5.64. The van der Waals surface area contributed by atoms with Gasteiger partial charge in [-0.2, -0.15) is 0 Å². The van der Waals surface area contributed by atoms with Gasteiger partial charge in [0.2, 0.25) is 9.05 Å². The minimum Gasteiger partial charge on any atom is -0.261 e. The Bertz CT molecular complexity index is 414. The lowest BCUT2D eigenvalue weighted by atomic mass is 10.1. The second kappa shape index (κ2) is 3.64. The monoisotopic (exact) mass is 219 g/mol. The van der Waals surface area contributed by atoms with Crippen molar-refractivity contribution in [3.63, 3.8) is 0 Å². The van der Waals surface area contributed by atoms with Crippen molar-refractivity contribution in [1.29, 1.82) is 0 Å². The Kier molecular flexibility index (Phi) is 2.93. The van der Waals surface area contributed by atoms with Gasteiger partial charge in [-0.05, 0) is 31.0 Å². The minimum atomic E-state index is -3.47. The molecule has 0 radical (unpaired) electrons. The molecule has 0 fully saturated rings. The molecule has 0 aromatic carbocycles. The Balaban J connectivity index is 3.10. The number of hydrogen-bond acceptors (Lipinski definition) is 3. The van der Waals surface area contributed by atoms with E-state index in [-0.39, 0.29) is 5.75 Å². The molecule has 1 rings (SSSR count). The highest BCUT2D eigenvalue weighted by Gasteiger charge is 2.10. The first-order valence-electron chi connectivity index (χ1n) is 3.73. The van der Waals surface area contributed by atoms with Crippen LogP contribution >= 0.6 is 10.7 Å². The third-order valence-corrected chi connectivity index (χ3v) is 2.88. The van der Waals surface area contributed by atoms with E-state index >= 15 is 0 Å². The van der Waals surface area contributed by atoms with Gasteiger partial charge < -0.3 is 0 Å². The quantitative estimate of drug-likeness (QED) is 0.713. The van der Waals surface area contributed by atoms with E-state index in [0.717, 1.165) is 11.3 Å². The van der Waals surface area contributed by atoms with Crippen LogP contribution < -0.4 is 0 Å². The molecule has 0 atom stereocenters. The smallest absolute Gasteiger partial charge is 0.236 e. The van der Waals surface area contributed by atoms with Crippen LogP contribution in [0.2, 0.25) is 0 Å². The SMILES string of the molecule is Cc1nccc(CS(=O)(=O)Cl)c1C. The Labute approximate surface area is 82.2 Å². The molecule has 0 aliphatic carbocycles. The minimum absolute atomic E-state index is 0.135. The highest BCUT2D eigenvalue weighted by Crippen LogP contribution is 2.15. The predicted molar refractivity (Wildman–Crippen MR) is 52.2 cm³/mol. The molecule has 1 aromatic heterocycles. The van der Waals surface area contributed by atoms with E-state index in [9.17, 15) is 8.42 Å². The first kappa shape index (κ1) is 10.5. The molecule has 0 unspecified atom stereocenters. The maximum absolute atomic E-state index is 10.8. The Morgan fingerprint density at radius 3 is 2.62 bits per heavy atom. The lowest BCUT2D eigenvalue weighted by Gasteiger charge is -2.04. The average Bonchev–Trinajstić information content (AvgIpc) is 1.96. The molecule has 1 aromatic rings. The lowest BCUT2D eigenvalue weighted by molar-refractivity contribution is 0.608. The van der Waals surface area contributed by atoms with Crippen molar-refractivity contribution in [3.05, 3.63) is 29.1 Å². The molecule has 1 heterocycles. The van der Waals surface area contributed by atoms with Crippen LogP contribution in [0.3, 0.4) is 0 Å². The van der Waals surface area contributed by atoms with Gasteiger partial charge in [-0.1, -0.05) is 0 Å². The first-order chi connectivity index (χ1) is 5.90. The Hall–Kier alpha value is -0.610. The van der Waals surface area contributed by atoms with Crippen LogP contribution in [0.1, 0.15) is 16.8 Å². The highest BCUT2D eigenvalue weighted by atomic mass is 35.7. The second-order valence-electron chi connectivity index (χ2n) is 2.86. The van der Waals surface area contributed by atoms with Crippen LogP contribution in [0, 0.1) is 13.8 Å². The Morgan fingerprint density at radius 1 is 1.46 bits per heavy atom. The molecular weight excluding hydrogens is 210 g/mol. The molecule has 0 aliphatic rings. The van der Waals surface area contributed by atoms with Crippen LogP contribution in [0.25, 0.3) is 0 Å². The summed E-state index contributed by atoms with van der Waals surface area (Å²) in [7, 11) is 1.67. The number of hydrogen-bond donors (Lipinski definition) is 0. The van der Waals surface area contributed by atoms with Gasteiger partial charge >= 0.3 is 0 Å². The van der Waals surface area contributed by atoms with Crippen molar-refractivity contribution in [2.45, 2.75) is 19.6 Å². The number of aryl methyl sites for hydroxylation is 1. The van der Waals surface area contributed by atoms with E-state index in [2.05, 4.69) is 4.98 Å². The van der Waals surface area contributed by atoms with Gasteiger partial charge in [0, 0.05) is 22.6 Å². The fourth-order valence-electron chi connectivity index (χ4n) is 1.04. The van der Waals surface area contributed by atoms with E-state index in [1.807, 2.05) is 13.8 Å². The van der Waals surface area contributed by atoms with E-state index in [1.165, 1.54) is 0 Å². The van der Waals surface area contributed by atoms with Gasteiger partial charge in [-0.15, -0.1) is 0 Å². The zero-order chi connectivity index (χ0) is 10.1. The molecular formula is C8H10ClNO2S. The molecule has 3 nitrogen and oxygen atoms in total. The molecule has 0 spiro atoms. The van der Waals surface area contributed by atoms with Crippen LogP contribution in [0.5, 0.6) is 0 Å². The van der Waals surface area contributed by atoms with Gasteiger partial charge in [0.25, 0.3) is 0 Å². The fourth-order valence-corrected chi connectivity index (χ4v) is 2.07. The summed E-state index contributed by atoms with van der Waals surface area (Å²) in [5.41, 5.74) is 2.42. The molecule has 0 N–H and O–H groups in total. The third-order valence-electron chi connectivity index (χ3n) is 1.90. The molecule has 13 heavy (non-hydrogen) atoms. The number of rotatable bonds is 2. The number of halogens is 1. The number of nitrogens with zero attached hydrogens (tertiary/aromatic N) is 1. The van der Waals surface area contributed by atoms with E-state index in [1.54, 1.807) is 12.3 Å². The van der Waals surface area contributed by atoms with Crippen LogP contribution in [0.15, 0.2) is 12.3 Å². The largest absolute Gasteiger partial charge is 0.261 e. The summed E-state index contributed by atoms with van der Waals surface area (Å²) >= 11 is 0. The maximum atomic E-state index is 10.8. The fraction of sp³-hybridized carbons (Fsp3) is 0.375. The molecule has 0 aliphatic heterocycles. The normalized spacial score (nSPS) is 11.6. The van der Waals surface area contributed by atoms with Crippen molar-refractivity contribution < 1.29 is 8.42 Å². The summed E-state index contributed by atoms with van der Waals surface area (Å²) in [6, 6.07) is 1.67. The topological polar surface area (TPSA) is 47.0 Å². The lowest BCUT2D eigenvalue weighted by Crippen LogP contribution is -2.00. The van der Waals surface area contributed by atoms with Gasteiger partial charge in [0.1, 0.15) is 0 Å². The summed E-state index contributed by atoms with van der Waals surface area (Å²) in [5.74, 6) is -0.135. The molecule has 0 amide bonds. The van der Waals surface area contributed by atoms with Crippen LogP contribution in [0.4, 0.5) is 0 Å². The highest BCUT2D eigenvalue weighted by molar-refractivity contribution is 8.13.